The number of amides is 1. The minimum absolute atomic E-state index is 0.0814. The van der Waals surface area contributed by atoms with Gasteiger partial charge >= 0.3 is 0 Å². The van der Waals surface area contributed by atoms with Crippen LogP contribution < -0.4 is 19.5 Å². The normalized spacial score (nSPS) is 15.2. The standard InChI is InChI=1S/C23H31N3O6S/c1-25-11-13-26(14-12-25)33(28,29)18-6-8-20(30-2)19(16-18)23(27)24-10-9-17-5-7-21(31-3)22(15-17)32-4/h5-8,15-16H,9-14H2,1-4H3,(H,24,27). The van der Waals surface area contributed by atoms with Crippen LogP contribution in [0.5, 0.6) is 17.2 Å². The fourth-order valence-electron chi connectivity index (χ4n) is 3.65. The first-order valence-corrected chi connectivity index (χ1v) is 12.1. The van der Waals surface area contributed by atoms with E-state index in [0.29, 0.717) is 56.4 Å². The predicted octanol–water partition coefficient (Wildman–Crippen LogP) is 1.62. The van der Waals surface area contributed by atoms with Crippen LogP contribution in [0.3, 0.4) is 0 Å². The van der Waals surface area contributed by atoms with Gasteiger partial charge in [0.05, 0.1) is 31.8 Å². The molecule has 1 aliphatic heterocycles. The molecule has 0 bridgehead atoms. The topological polar surface area (TPSA) is 97.4 Å². The molecule has 10 heteroatoms. The maximum atomic E-state index is 13.1. The summed E-state index contributed by atoms with van der Waals surface area (Å²) in [7, 11) is 2.85. The fourth-order valence-corrected chi connectivity index (χ4v) is 5.10. The minimum Gasteiger partial charge on any atom is -0.496 e. The molecule has 1 saturated heterocycles. The molecule has 0 saturated carbocycles. The van der Waals surface area contributed by atoms with Crippen molar-refractivity contribution in [3.8, 4) is 17.2 Å². The van der Waals surface area contributed by atoms with Crippen molar-refractivity contribution in [2.45, 2.75) is 11.3 Å². The van der Waals surface area contributed by atoms with Crippen LogP contribution in [-0.4, -0.2) is 84.6 Å². The van der Waals surface area contributed by atoms with Crippen LogP contribution in [0.4, 0.5) is 0 Å². The van der Waals surface area contributed by atoms with Gasteiger partial charge in [0.1, 0.15) is 5.75 Å². The molecule has 3 rings (SSSR count). The molecule has 1 heterocycles. The number of rotatable bonds is 9. The Bertz CT molecular complexity index is 1080. The zero-order valence-electron chi connectivity index (χ0n) is 19.5. The monoisotopic (exact) mass is 477 g/mol. The molecule has 0 radical (unpaired) electrons. The maximum absolute atomic E-state index is 13.1. The van der Waals surface area contributed by atoms with Crippen LogP contribution in [0.15, 0.2) is 41.3 Å². The number of nitrogens with zero attached hydrogens (tertiary/aromatic N) is 2. The SMILES string of the molecule is COc1ccc(CCNC(=O)c2cc(S(=O)(=O)N3CCN(C)CC3)ccc2OC)cc1OC. The first kappa shape index (κ1) is 24.8. The minimum atomic E-state index is -3.70. The van der Waals surface area contributed by atoms with Crippen molar-refractivity contribution in [1.29, 1.82) is 0 Å². The number of likely N-dealkylation sites (N-methyl/N-ethyl adjacent to an activating group) is 1. The van der Waals surface area contributed by atoms with Crippen LogP contribution in [0.2, 0.25) is 0 Å². The van der Waals surface area contributed by atoms with Gasteiger partial charge in [0.2, 0.25) is 10.0 Å². The summed E-state index contributed by atoms with van der Waals surface area (Å²) in [5.41, 5.74) is 1.14. The number of carbonyl (C=O) groups excluding carboxylic acids is 1. The van der Waals surface area contributed by atoms with Crippen LogP contribution in [0, 0.1) is 0 Å². The lowest BCUT2D eigenvalue weighted by molar-refractivity contribution is 0.0951. The van der Waals surface area contributed by atoms with E-state index in [2.05, 4.69) is 10.2 Å². The molecule has 9 nitrogen and oxygen atoms in total. The summed E-state index contributed by atoms with van der Waals surface area (Å²) < 4.78 is 43.5. The molecule has 0 unspecified atom stereocenters. The second-order valence-electron chi connectivity index (χ2n) is 7.76. The molecule has 180 valence electrons. The summed E-state index contributed by atoms with van der Waals surface area (Å²) in [6, 6.07) is 9.95. The zero-order chi connectivity index (χ0) is 24.0. The third kappa shape index (κ3) is 5.76. The number of piperazine rings is 1. The molecular formula is C23H31N3O6S. The molecule has 1 N–H and O–H groups in total. The van der Waals surface area contributed by atoms with Crippen molar-refractivity contribution in [1.82, 2.24) is 14.5 Å². The van der Waals surface area contributed by atoms with Gasteiger partial charge in [-0.25, -0.2) is 8.42 Å². The highest BCUT2D eigenvalue weighted by atomic mass is 32.2. The van der Waals surface area contributed by atoms with E-state index in [1.54, 1.807) is 14.2 Å². The molecule has 1 amide bonds. The van der Waals surface area contributed by atoms with Gasteiger partial charge in [-0.15, -0.1) is 0 Å². The number of sulfonamides is 1. The third-order valence-electron chi connectivity index (χ3n) is 5.66. The number of hydrogen-bond donors (Lipinski definition) is 1. The fraction of sp³-hybridized carbons (Fsp3) is 0.435. The molecule has 0 aromatic heterocycles. The molecule has 0 aliphatic carbocycles. The van der Waals surface area contributed by atoms with Gasteiger partial charge in [0.15, 0.2) is 11.5 Å². The first-order chi connectivity index (χ1) is 15.8. The Hall–Kier alpha value is -2.82. The van der Waals surface area contributed by atoms with Crippen molar-refractivity contribution in [3.63, 3.8) is 0 Å². The molecule has 1 fully saturated rings. The second-order valence-corrected chi connectivity index (χ2v) is 9.70. The van der Waals surface area contributed by atoms with E-state index in [0.717, 1.165) is 5.56 Å². The van der Waals surface area contributed by atoms with Crippen LogP contribution in [0.25, 0.3) is 0 Å². The lowest BCUT2D eigenvalue weighted by Crippen LogP contribution is -2.47. The van der Waals surface area contributed by atoms with Gasteiger partial charge in [-0.2, -0.15) is 4.31 Å². The van der Waals surface area contributed by atoms with Gasteiger partial charge in [0.25, 0.3) is 5.91 Å². The molecule has 0 spiro atoms. The Morgan fingerprint density at radius 3 is 2.18 bits per heavy atom. The van der Waals surface area contributed by atoms with Gasteiger partial charge in [-0.1, -0.05) is 6.07 Å². The van der Waals surface area contributed by atoms with E-state index in [-0.39, 0.29) is 10.5 Å². The molecule has 33 heavy (non-hydrogen) atoms. The van der Waals surface area contributed by atoms with Gasteiger partial charge < -0.3 is 24.4 Å². The summed E-state index contributed by atoms with van der Waals surface area (Å²) in [5, 5.41) is 2.85. The highest BCUT2D eigenvalue weighted by Crippen LogP contribution is 2.28. The highest BCUT2D eigenvalue weighted by molar-refractivity contribution is 7.89. The van der Waals surface area contributed by atoms with E-state index in [9.17, 15) is 13.2 Å². The predicted molar refractivity (Wildman–Crippen MR) is 125 cm³/mol. The van der Waals surface area contributed by atoms with Gasteiger partial charge in [0, 0.05) is 32.7 Å². The van der Waals surface area contributed by atoms with Crippen molar-refractivity contribution in [2.24, 2.45) is 0 Å². The van der Waals surface area contributed by atoms with E-state index in [1.165, 1.54) is 29.6 Å². The number of hydrogen-bond acceptors (Lipinski definition) is 7. The molecule has 2 aromatic rings. The average Bonchev–Trinajstić information content (AvgIpc) is 2.83. The van der Waals surface area contributed by atoms with Crippen molar-refractivity contribution < 1.29 is 27.4 Å². The summed E-state index contributed by atoms with van der Waals surface area (Å²) in [4.78, 5) is 15.0. The smallest absolute Gasteiger partial charge is 0.255 e. The Kier molecular flexibility index (Phi) is 8.17. The molecule has 2 aromatic carbocycles. The largest absolute Gasteiger partial charge is 0.496 e. The number of ether oxygens (including phenoxy) is 3. The summed E-state index contributed by atoms with van der Waals surface area (Å²) in [5.74, 6) is 1.16. The average molecular weight is 478 g/mol. The molecular weight excluding hydrogens is 446 g/mol. The lowest BCUT2D eigenvalue weighted by atomic mass is 10.1. The number of nitrogens with one attached hydrogen (secondary N) is 1. The van der Waals surface area contributed by atoms with Crippen molar-refractivity contribution in [2.75, 3.05) is 61.1 Å². The summed E-state index contributed by atoms with van der Waals surface area (Å²) in [6.45, 7) is 2.51. The third-order valence-corrected chi connectivity index (χ3v) is 7.56. The summed E-state index contributed by atoms with van der Waals surface area (Å²) >= 11 is 0. The Morgan fingerprint density at radius 1 is 0.909 bits per heavy atom. The van der Waals surface area contributed by atoms with E-state index < -0.39 is 15.9 Å². The first-order valence-electron chi connectivity index (χ1n) is 10.7. The zero-order valence-corrected chi connectivity index (χ0v) is 20.3. The second kappa shape index (κ2) is 10.9. The van der Waals surface area contributed by atoms with Crippen LogP contribution >= 0.6 is 0 Å². The summed E-state index contributed by atoms with van der Waals surface area (Å²) in [6.07, 6.45) is 0.563. The number of carbonyl (C=O) groups is 1. The lowest BCUT2D eigenvalue weighted by Gasteiger charge is -2.31. The van der Waals surface area contributed by atoms with Gasteiger partial charge in [-0.05, 0) is 49.4 Å². The highest BCUT2D eigenvalue weighted by Gasteiger charge is 2.28. The Morgan fingerprint density at radius 2 is 1.55 bits per heavy atom. The Labute approximate surface area is 195 Å². The number of benzene rings is 2. The van der Waals surface area contributed by atoms with E-state index in [1.807, 2.05) is 25.2 Å². The molecule has 0 atom stereocenters. The quantitative estimate of drug-likeness (QED) is 0.586. The van der Waals surface area contributed by atoms with Crippen molar-refractivity contribution in [3.05, 3.63) is 47.5 Å². The van der Waals surface area contributed by atoms with Gasteiger partial charge in [-0.3, -0.25) is 4.79 Å². The van der Waals surface area contributed by atoms with Crippen LogP contribution in [0.1, 0.15) is 15.9 Å². The molecule has 1 aliphatic rings. The van der Waals surface area contributed by atoms with Crippen molar-refractivity contribution >= 4 is 15.9 Å². The van der Waals surface area contributed by atoms with Crippen LogP contribution in [-0.2, 0) is 16.4 Å². The van der Waals surface area contributed by atoms with E-state index in [4.69, 9.17) is 14.2 Å². The number of methoxy groups -OCH3 is 3. The van der Waals surface area contributed by atoms with E-state index >= 15 is 0 Å². The maximum Gasteiger partial charge on any atom is 0.255 e. The Balaban J connectivity index is 1.72.